The van der Waals surface area contributed by atoms with Crippen LogP contribution >= 0.6 is 22.4 Å². The predicted octanol–water partition coefficient (Wildman–Crippen LogP) is -1.42. The number of hydrogen-bond acceptors (Lipinski definition) is 13. The number of nitrogens with two attached hydrogens (primary N) is 1. The van der Waals surface area contributed by atoms with E-state index >= 15 is 0 Å². The molecule has 2 aliphatic rings. The highest BCUT2D eigenvalue weighted by Crippen LogP contribution is 2.66. The quantitative estimate of drug-likeness (QED) is 0.181. The average Bonchev–Trinajstić information content (AvgIpc) is 3.11. The zero-order chi connectivity index (χ0) is 25.1. The molecule has 8 N–H and O–H groups in total. The third kappa shape index (κ3) is 5.18. The second kappa shape index (κ2) is 8.76. The van der Waals surface area contributed by atoms with Gasteiger partial charge in [-0.25, -0.2) is 18.4 Å². The van der Waals surface area contributed by atoms with Gasteiger partial charge in [-0.2, -0.15) is 9.29 Å². The third-order valence-electron chi connectivity index (χ3n) is 4.93. The number of rotatable bonds is 8. The zero-order valence-electron chi connectivity index (χ0n) is 16.6. The second-order valence-electron chi connectivity index (χ2n) is 7.24. The molecule has 34 heavy (non-hydrogen) atoms. The minimum absolute atomic E-state index is 0.00898. The lowest BCUT2D eigenvalue weighted by molar-refractivity contribution is -0.140. The highest BCUT2D eigenvalue weighted by Gasteiger charge is 2.59. The fourth-order valence-electron chi connectivity index (χ4n) is 3.61. The highest BCUT2D eigenvalue weighted by molar-refractivity contribution is 8.08. The van der Waals surface area contributed by atoms with Crippen LogP contribution in [0.4, 0.5) is 5.95 Å². The van der Waals surface area contributed by atoms with Gasteiger partial charge in [-0.1, -0.05) is 0 Å². The van der Waals surface area contributed by atoms with E-state index in [0.29, 0.717) is 0 Å². The van der Waals surface area contributed by atoms with Crippen LogP contribution in [-0.2, 0) is 43.6 Å². The van der Waals surface area contributed by atoms with Crippen molar-refractivity contribution in [3.63, 3.8) is 0 Å². The SMILES string of the molecule is Nc1nc2c(ncn2[C@@H]2O[C@@]3(COP(O)(=S)OP(=O)(O)OP(=O)(O)O)CCO[C@@H]2[C@@H]3O)c(=O)[nH]1. The molecule has 0 amide bonds. The number of hydrogen-bond donors (Lipinski definition) is 7. The van der Waals surface area contributed by atoms with Crippen molar-refractivity contribution in [2.75, 3.05) is 18.9 Å². The molecule has 4 heterocycles. The van der Waals surface area contributed by atoms with Gasteiger partial charge in [0.05, 0.1) is 19.5 Å². The number of anilines is 1. The largest absolute Gasteiger partial charge is 0.488 e. The van der Waals surface area contributed by atoms with Crippen LogP contribution < -0.4 is 11.3 Å². The number of phosphoric acid groups is 2. The first-order valence-corrected chi connectivity index (χ1v) is 14.7. The monoisotopic (exact) mass is 565 g/mol. The second-order valence-corrected chi connectivity index (χ2v) is 13.0. The van der Waals surface area contributed by atoms with Crippen LogP contribution in [0, 0.1) is 0 Å². The molecule has 4 rings (SSSR count). The molecule has 0 saturated carbocycles. The van der Waals surface area contributed by atoms with Crippen LogP contribution in [0.3, 0.4) is 0 Å². The molecule has 2 aliphatic heterocycles. The summed E-state index contributed by atoms with van der Waals surface area (Å²) in [4.78, 5) is 59.2. The molecular weight excluding hydrogens is 547 g/mol. The van der Waals surface area contributed by atoms with Gasteiger partial charge in [0.2, 0.25) is 5.95 Å². The van der Waals surface area contributed by atoms with Crippen LogP contribution in [0.15, 0.2) is 11.1 Å². The van der Waals surface area contributed by atoms with Crippen LogP contribution in [0.25, 0.3) is 11.2 Å². The number of H-pyrrole nitrogens is 1. The maximum Gasteiger partial charge on any atom is 0.488 e. The Morgan fingerprint density at radius 3 is 2.71 bits per heavy atom. The number of aromatic nitrogens is 4. The number of nitrogen functional groups attached to an aromatic ring is 1. The van der Waals surface area contributed by atoms with Gasteiger partial charge in [0.15, 0.2) is 17.4 Å². The molecule has 2 aromatic heterocycles. The van der Waals surface area contributed by atoms with Crippen molar-refractivity contribution in [2.24, 2.45) is 0 Å². The fraction of sp³-hybridized carbons (Fsp3) is 0.583. The van der Waals surface area contributed by atoms with E-state index < -0.39 is 58.6 Å². The Morgan fingerprint density at radius 2 is 2.03 bits per heavy atom. The summed E-state index contributed by atoms with van der Waals surface area (Å²) in [5, 5.41) is 10.8. The molecule has 0 aromatic carbocycles. The lowest BCUT2D eigenvalue weighted by atomic mass is 9.90. The molecule has 0 aliphatic carbocycles. The number of fused-ring (bicyclic) bond motifs is 3. The molecule has 22 heteroatoms. The Balaban J connectivity index is 1.56. The highest BCUT2D eigenvalue weighted by atomic mass is 32.5. The van der Waals surface area contributed by atoms with Gasteiger partial charge in [-0.15, -0.1) is 0 Å². The molecule has 2 aromatic rings. The van der Waals surface area contributed by atoms with E-state index in [1.165, 1.54) is 10.9 Å². The molecule has 18 nitrogen and oxygen atoms in total. The summed E-state index contributed by atoms with van der Waals surface area (Å²) >= 11 is 4.61. The number of imidazole rings is 1. The normalized spacial score (nSPS) is 30.8. The first kappa shape index (κ1) is 25.9. The van der Waals surface area contributed by atoms with Crippen molar-refractivity contribution in [3.8, 4) is 0 Å². The number of nitrogens with one attached hydrogen (secondary N) is 1. The summed E-state index contributed by atoms with van der Waals surface area (Å²) in [5.74, 6) is -0.191. The van der Waals surface area contributed by atoms with Crippen LogP contribution in [0.5, 0.6) is 0 Å². The van der Waals surface area contributed by atoms with Crippen LogP contribution in [0.1, 0.15) is 12.6 Å². The van der Waals surface area contributed by atoms with E-state index in [0.717, 1.165) is 0 Å². The minimum atomic E-state index is -5.52. The molecule has 6 atom stereocenters. The topological polar surface area (TPSA) is 271 Å². The Kier molecular flexibility index (Phi) is 6.68. The molecule has 2 bridgehead atoms. The van der Waals surface area contributed by atoms with Crippen molar-refractivity contribution in [1.29, 1.82) is 0 Å². The summed E-state index contributed by atoms with van der Waals surface area (Å²) in [7, 11) is -11.0. The number of ether oxygens (including phenoxy) is 2. The molecule has 2 fully saturated rings. The van der Waals surface area contributed by atoms with Gasteiger partial charge in [-0.05, 0) is 11.8 Å². The Morgan fingerprint density at radius 1 is 1.32 bits per heavy atom. The van der Waals surface area contributed by atoms with E-state index in [4.69, 9.17) is 29.5 Å². The first-order chi connectivity index (χ1) is 15.6. The smallest absolute Gasteiger partial charge is 0.387 e. The molecule has 2 saturated heterocycles. The van der Waals surface area contributed by atoms with Gasteiger partial charge in [-0.3, -0.25) is 14.3 Å². The van der Waals surface area contributed by atoms with Crippen LogP contribution in [0.2, 0.25) is 0 Å². The van der Waals surface area contributed by atoms with E-state index in [2.05, 4.69) is 35.4 Å². The Labute approximate surface area is 193 Å². The van der Waals surface area contributed by atoms with E-state index in [9.17, 15) is 28.8 Å². The van der Waals surface area contributed by atoms with Gasteiger partial charge in [0, 0.05) is 6.42 Å². The Bertz CT molecular complexity index is 1310. The number of aromatic amines is 1. The lowest BCUT2D eigenvalue weighted by Gasteiger charge is -2.35. The van der Waals surface area contributed by atoms with Crippen molar-refractivity contribution in [3.05, 3.63) is 16.7 Å². The van der Waals surface area contributed by atoms with Gasteiger partial charge in [0.25, 0.3) is 5.56 Å². The maximum absolute atomic E-state index is 12.1. The first-order valence-electron chi connectivity index (χ1n) is 9.10. The van der Waals surface area contributed by atoms with E-state index in [1.807, 2.05) is 0 Å². The molecule has 0 radical (unpaired) electrons. The van der Waals surface area contributed by atoms with E-state index in [-0.39, 0.29) is 30.1 Å². The van der Waals surface area contributed by atoms with Crippen molar-refractivity contribution < 1.29 is 56.4 Å². The van der Waals surface area contributed by atoms with Crippen molar-refractivity contribution >= 4 is 51.3 Å². The van der Waals surface area contributed by atoms with Gasteiger partial charge >= 0.3 is 22.4 Å². The molecule has 190 valence electrons. The van der Waals surface area contributed by atoms with Crippen molar-refractivity contribution in [1.82, 2.24) is 19.5 Å². The number of nitrogens with zero attached hydrogens (tertiary/aromatic N) is 3. The summed E-state index contributed by atoms with van der Waals surface area (Å²) < 4.78 is 48.2. The van der Waals surface area contributed by atoms with Crippen molar-refractivity contribution in [2.45, 2.75) is 30.5 Å². The maximum atomic E-state index is 12.1. The van der Waals surface area contributed by atoms with Gasteiger partial charge in [0.1, 0.15) is 17.8 Å². The Hall–Kier alpha value is -1.14. The van der Waals surface area contributed by atoms with E-state index in [1.54, 1.807) is 0 Å². The summed E-state index contributed by atoms with van der Waals surface area (Å²) in [6.45, 7) is -5.26. The molecule has 2 unspecified atom stereocenters. The summed E-state index contributed by atoms with van der Waals surface area (Å²) in [6, 6.07) is 0. The number of aliphatic hydroxyl groups excluding tert-OH is 1. The fourth-order valence-corrected chi connectivity index (χ4v) is 7.60. The molecular formula is C12H18N5O13P3S. The van der Waals surface area contributed by atoms with Gasteiger partial charge < -0.3 is 44.4 Å². The average molecular weight is 565 g/mol. The third-order valence-corrected chi connectivity index (χ3v) is 9.63. The van der Waals surface area contributed by atoms with Crippen LogP contribution in [-0.4, -0.2) is 75.2 Å². The standard InChI is InChI=1S/C12H18N5O13P3S/c13-11-15-8-5(9(19)16-11)14-4-17(8)10-6-7(18)12(28-10,1-2-26-6)3-27-33(25,34)30-32(23,24)29-31(20,21)22/h4,6-7,10,18H,1-3H2,(H,23,24)(H,25,34)(H2,20,21,22)(H3,13,15,16,19)/t6-,7+,10-,12-,33?/m1/s1. The lowest BCUT2D eigenvalue weighted by Crippen LogP contribution is -2.51. The zero-order valence-corrected chi connectivity index (χ0v) is 20.1. The number of aliphatic hydroxyl groups is 1. The molecule has 0 spiro atoms. The predicted molar refractivity (Wildman–Crippen MR) is 112 cm³/mol. The summed E-state index contributed by atoms with van der Waals surface area (Å²) in [5.41, 5.74) is 3.40. The minimum Gasteiger partial charge on any atom is -0.387 e. The summed E-state index contributed by atoms with van der Waals surface area (Å²) in [6.07, 6.45) is -2.25.